The van der Waals surface area contributed by atoms with Gasteiger partial charge in [0.25, 0.3) is 0 Å². The molecule has 8 heteroatoms. The third kappa shape index (κ3) is 2.43. The Balaban J connectivity index is 3.39. The monoisotopic (exact) mass is 286 g/mol. The first kappa shape index (κ1) is 14.7. The molecule has 0 fully saturated rings. The molecule has 1 N–H and O–H groups in total. The maximum absolute atomic E-state index is 13.3. The molecule has 1 aromatic carbocycles. The van der Waals surface area contributed by atoms with E-state index in [-0.39, 0.29) is 11.8 Å². The van der Waals surface area contributed by atoms with Crippen LogP contribution in [0, 0.1) is 29.1 Å². The molecule has 0 radical (unpaired) electrons. The van der Waals surface area contributed by atoms with E-state index in [9.17, 15) is 26.7 Å². The number of aliphatic carboxylic acids is 1. The molecule has 0 unspecified atom stereocenters. The number of carbonyl (C=O) groups is 1. The van der Waals surface area contributed by atoms with Crippen molar-refractivity contribution >= 4 is 17.7 Å². The maximum Gasteiger partial charge on any atom is 0.319 e. The third-order valence-electron chi connectivity index (χ3n) is 2.04. The van der Waals surface area contributed by atoms with Crippen LogP contribution in [0.15, 0.2) is 4.90 Å². The smallest absolute Gasteiger partial charge is 0.319 e. The summed E-state index contributed by atoms with van der Waals surface area (Å²) in [5, 5.41) is 8.75. The summed E-state index contributed by atoms with van der Waals surface area (Å²) in [6, 6.07) is 0. The van der Waals surface area contributed by atoms with Crippen LogP contribution >= 0.6 is 11.8 Å². The summed E-state index contributed by atoms with van der Waals surface area (Å²) < 4.78 is 63.2. The molecule has 0 heterocycles. The van der Waals surface area contributed by atoms with Crippen LogP contribution in [-0.4, -0.2) is 15.8 Å². The van der Waals surface area contributed by atoms with Crippen molar-refractivity contribution in [2.24, 2.45) is 0 Å². The Bertz CT molecular complexity index is 486. The minimum atomic E-state index is -2.28. The predicted octanol–water partition coefficient (Wildman–Crippen LogP) is 3.34. The second-order valence-electron chi connectivity index (χ2n) is 3.82. The first-order valence-electron chi connectivity index (χ1n) is 4.53. The van der Waals surface area contributed by atoms with Crippen LogP contribution in [0.4, 0.5) is 22.0 Å². The topological polar surface area (TPSA) is 37.3 Å². The summed E-state index contributed by atoms with van der Waals surface area (Å²) in [6.07, 6.45) is 0. The summed E-state index contributed by atoms with van der Waals surface area (Å²) >= 11 is 0.0481. The van der Waals surface area contributed by atoms with Crippen molar-refractivity contribution in [2.75, 3.05) is 0 Å². The third-order valence-corrected chi connectivity index (χ3v) is 3.29. The lowest BCUT2D eigenvalue weighted by molar-refractivity contribution is -0.138. The van der Waals surface area contributed by atoms with Gasteiger partial charge in [-0.3, -0.25) is 4.79 Å². The fourth-order valence-corrected chi connectivity index (χ4v) is 1.93. The first-order valence-corrected chi connectivity index (χ1v) is 5.35. The molecule has 0 saturated heterocycles. The fraction of sp³-hybridized carbons (Fsp3) is 0.300. The van der Waals surface area contributed by atoms with Gasteiger partial charge in [-0.15, -0.1) is 11.8 Å². The van der Waals surface area contributed by atoms with Gasteiger partial charge in [-0.25, -0.2) is 22.0 Å². The molecule has 1 rings (SSSR count). The van der Waals surface area contributed by atoms with E-state index < -0.39 is 44.7 Å². The second kappa shape index (κ2) is 4.75. The number of hydrogen-bond donors (Lipinski definition) is 1. The largest absolute Gasteiger partial charge is 0.480 e. The van der Waals surface area contributed by atoms with Crippen LogP contribution in [0.1, 0.15) is 13.8 Å². The molecule has 0 aliphatic heterocycles. The quantitative estimate of drug-likeness (QED) is 0.401. The predicted molar refractivity (Wildman–Crippen MR) is 53.8 cm³/mol. The van der Waals surface area contributed by atoms with E-state index in [1.54, 1.807) is 0 Å². The average molecular weight is 286 g/mol. The SMILES string of the molecule is CC(C)(Sc1c(F)c(F)c(F)c(F)c1F)C(=O)O. The van der Waals surface area contributed by atoms with Crippen LogP contribution in [0.25, 0.3) is 0 Å². The lowest BCUT2D eigenvalue weighted by atomic mass is 10.2. The first-order chi connectivity index (χ1) is 8.09. The maximum atomic E-state index is 13.3. The van der Waals surface area contributed by atoms with Gasteiger partial charge in [0.05, 0.1) is 4.90 Å². The highest BCUT2D eigenvalue weighted by Crippen LogP contribution is 2.38. The van der Waals surface area contributed by atoms with Crippen LogP contribution in [0.3, 0.4) is 0 Å². The van der Waals surface area contributed by atoms with Gasteiger partial charge in [0.1, 0.15) is 4.75 Å². The van der Waals surface area contributed by atoms with Crippen LogP contribution in [0.5, 0.6) is 0 Å². The molecule has 0 spiro atoms. The summed E-state index contributed by atoms with van der Waals surface area (Å²) in [5.41, 5.74) is 0. The second-order valence-corrected chi connectivity index (χ2v) is 5.45. The Morgan fingerprint density at radius 2 is 1.28 bits per heavy atom. The van der Waals surface area contributed by atoms with Gasteiger partial charge in [0, 0.05) is 0 Å². The van der Waals surface area contributed by atoms with Crippen molar-refractivity contribution in [3.8, 4) is 0 Å². The van der Waals surface area contributed by atoms with Gasteiger partial charge in [-0.05, 0) is 13.8 Å². The number of rotatable bonds is 3. The van der Waals surface area contributed by atoms with E-state index in [0.29, 0.717) is 0 Å². The van der Waals surface area contributed by atoms with E-state index in [0.717, 1.165) is 13.8 Å². The molecule has 0 aliphatic carbocycles. The molecule has 0 aromatic heterocycles. The van der Waals surface area contributed by atoms with Gasteiger partial charge < -0.3 is 5.11 Å². The Labute approximate surface area is 103 Å². The number of carboxylic acids is 1. The van der Waals surface area contributed by atoms with Gasteiger partial charge in [-0.1, -0.05) is 0 Å². The lowest BCUT2D eigenvalue weighted by Gasteiger charge is -2.19. The number of halogens is 5. The number of thioether (sulfide) groups is 1. The molecule has 0 saturated carbocycles. The molecular formula is C10H7F5O2S. The van der Waals surface area contributed by atoms with Gasteiger partial charge in [0.2, 0.25) is 5.82 Å². The Hall–Kier alpha value is -1.31. The van der Waals surface area contributed by atoms with Crippen molar-refractivity contribution in [1.82, 2.24) is 0 Å². The van der Waals surface area contributed by atoms with Crippen LogP contribution in [-0.2, 0) is 4.79 Å². The summed E-state index contributed by atoms with van der Waals surface area (Å²) in [7, 11) is 0. The van der Waals surface area contributed by atoms with Crippen molar-refractivity contribution in [3.63, 3.8) is 0 Å². The van der Waals surface area contributed by atoms with Crippen molar-refractivity contribution < 1.29 is 31.9 Å². The molecule has 18 heavy (non-hydrogen) atoms. The summed E-state index contributed by atoms with van der Waals surface area (Å²) in [4.78, 5) is 9.55. The van der Waals surface area contributed by atoms with Crippen molar-refractivity contribution in [1.29, 1.82) is 0 Å². The van der Waals surface area contributed by atoms with E-state index in [1.807, 2.05) is 0 Å². The van der Waals surface area contributed by atoms with Gasteiger partial charge in [-0.2, -0.15) is 0 Å². The molecule has 0 atom stereocenters. The molecule has 0 aliphatic rings. The minimum Gasteiger partial charge on any atom is -0.480 e. The molecule has 1 aromatic rings. The van der Waals surface area contributed by atoms with Crippen LogP contribution < -0.4 is 0 Å². The van der Waals surface area contributed by atoms with Crippen molar-refractivity contribution in [2.45, 2.75) is 23.5 Å². The highest BCUT2D eigenvalue weighted by atomic mass is 32.2. The molecule has 0 bridgehead atoms. The van der Waals surface area contributed by atoms with E-state index in [4.69, 9.17) is 5.11 Å². The van der Waals surface area contributed by atoms with Gasteiger partial charge >= 0.3 is 5.97 Å². The minimum absolute atomic E-state index is 0.0481. The van der Waals surface area contributed by atoms with Gasteiger partial charge in [0.15, 0.2) is 23.3 Å². The molecule has 100 valence electrons. The zero-order valence-electron chi connectivity index (χ0n) is 9.15. The lowest BCUT2D eigenvalue weighted by Crippen LogP contribution is -2.27. The van der Waals surface area contributed by atoms with E-state index >= 15 is 0 Å². The highest BCUT2D eigenvalue weighted by molar-refractivity contribution is 8.01. The Kier molecular flexibility index (Phi) is 3.89. The van der Waals surface area contributed by atoms with E-state index in [1.165, 1.54) is 0 Å². The fourth-order valence-electron chi connectivity index (χ4n) is 0.973. The standard InChI is InChI=1S/C10H7F5O2S/c1-10(2,9(16)17)18-8-6(14)4(12)3(11)5(13)7(8)15/h1-2H3,(H,16,17). The normalized spacial score (nSPS) is 11.7. The number of benzene rings is 1. The molecular weight excluding hydrogens is 279 g/mol. The van der Waals surface area contributed by atoms with Crippen LogP contribution in [0.2, 0.25) is 0 Å². The van der Waals surface area contributed by atoms with E-state index in [2.05, 4.69) is 0 Å². The Morgan fingerprint density at radius 1 is 0.944 bits per heavy atom. The average Bonchev–Trinajstić information content (AvgIpc) is 2.29. The van der Waals surface area contributed by atoms with Crippen molar-refractivity contribution in [3.05, 3.63) is 29.1 Å². The molecule has 2 nitrogen and oxygen atoms in total. The zero-order chi connectivity index (χ0) is 14.2. The Morgan fingerprint density at radius 3 is 1.61 bits per heavy atom. The summed E-state index contributed by atoms with van der Waals surface area (Å²) in [6.45, 7) is 2.16. The summed E-state index contributed by atoms with van der Waals surface area (Å²) in [5.74, 6) is -12.0. The number of hydrogen-bond acceptors (Lipinski definition) is 2. The number of carboxylic acid groups (broad SMARTS) is 1. The molecule has 0 amide bonds. The zero-order valence-corrected chi connectivity index (χ0v) is 9.97. The highest BCUT2D eigenvalue weighted by Gasteiger charge is 2.34.